The van der Waals surface area contributed by atoms with E-state index >= 15 is 0 Å². The lowest BCUT2D eigenvalue weighted by molar-refractivity contribution is -0.139. The Morgan fingerprint density at radius 1 is 1.33 bits per heavy atom. The van der Waals surface area contributed by atoms with Crippen LogP contribution in [0.4, 0.5) is 0 Å². The molecule has 18 heavy (non-hydrogen) atoms. The fraction of sp³-hybridized carbons (Fsp3) is 0.833. The molecule has 0 aromatic rings. The second-order valence-corrected chi connectivity index (χ2v) is 4.23. The standard InChI is InChI=1S/C12H23N3O3/c1-2-3-4-5-6-7-8-11(9-12(16)17)18-10-14-15-13/h10-11,13H,2-9H2,1H3,(H,16,17). The number of ether oxygens (including phenoxy) is 1. The summed E-state index contributed by atoms with van der Waals surface area (Å²) in [4.78, 5) is 10.6. The molecule has 0 bridgehead atoms. The normalized spacial score (nSPS) is 12.5. The van der Waals surface area contributed by atoms with Crippen LogP contribution in [0.1, 0.15) is 58.3 Å². The van der Waals surface area contributed by atoms with E-state index in [-0.39, 0.29) is 12.5 Å². The second-order valence-electron chi connectivity index (χ2n) is 4.23. The number of nitrogens with one attached hydrogen (secondary N) is 1. The summed E-state index contributed by atoms with van der Waals surface area (Å²) in [5.41, 5.74) is 6.45. The molecule has 0 aliphatic carbocycles. The fourth-order valence-electron chi connectivity index (χ4n) is 1.70. The Hall–Kier alpha value is -1.46. The maximum absolute atomic E-state index is 10.6. The van der Waals surface area contributed by atoms with E-state index in [1.165, 1.54) is 25.7 Å². The van der Waals surface area contributed by atoms with Crippen molar-refractivity contribution in [1.82, 2.24) is 0 Å². The van der Waals surface area contributed by atoms with E-state index in [0.717, 1.165) is 19.2 Å². The van der Waals surface area contributed by atoms with Crippen LogP contribution in [0.5, 0.6) is 0 Å². The number of unbranched alkanes of at least 4 members (excludes halogenated alkanes) is 5. The molecule has 6 heteroatoms. The van der Waals surface area contributed by atoms with Crippen LogP contribution in [0.25, 0.3) is 0 Å². The van der Waals surface area contributed by atoms with Gasteiger partial charge in [0.2, 0.25) is 0 Å². The number of carboxylic acid groups (broad SMARTS) is 1. The van der Waals surface area contributed by atoms with Crippen molar-refractivity contribution in [2.45, 2.75) is 64.4 Å². The van der Waals surface area contributed by atoms with Crippen molar-refractivity contribution in [3.05, 3.63) is 0 Å². The molecule has 0 aromatic carbocycles. The Bertz CT molecular complexity index is 257. The van der Waals surface area contributed by atoms with E-state index in [1.54, 1.807) is 0 Å². The number of nitrogens with zero attached hydrogens (tertiary/aromatic N) is 2. The van der Waals surface area contributed by atoms with Gasteiger partial charge < -0.3 is 9.84 Å². The number of carbonyl (C=O) groups is 1. The summed E-state index contributed by atoms with van der Waals surface area (Å²) >= 11 is 0. The SMILES string of the molecule is CCCCCCCCC(CC(=O)O)OC=NN=N. The van der Waals surface area contributed by atoms with Gasteiger partial charge in [-0.15, -0.1) is 5.10 Å². The predicted molar refractivity (Wildman–Crippen MR) is 68.8 cm³/mol. The Kier molecular flexibility index (Phi) is 11.0. The highest BCUT2D eigenvalue weighted by molar-refractivity contribution is 5.67. The Morgan fingerprint density at radius 2 is 2.00 bits per heavy atom. The molecule has 0 aromatic heterocycles. The van der Waals surface area contributed by atoms with Gasteiger partial charge in [-0.3, -0.25) is 4.79 Å². The highest BCUT2D eigenvalue weighted by Crippen LogP contribution is 2.12. The molecular weight excluding hydrogens is 234 g/mol. The zero-order valence-electron chi connectivity index (χ0n) is 11.0. The van der Waals surface area contributed by atoms with Gasteiger partial charge in [0.25, 0.3) is 0 Å². The third kappa shape index (κ3) is 11.0. The smallest absolute Gasteiger partial charge is 0.307 e. The summed E-state index contributed by atoms with van der Waals surface area (Å²) in [5, 5.41) is 14.7. The molecule has 0 fully saturated rings. The van der Waals surface area contributed by atoms with Crippen LogP contribution >= 0.6 is 0 Å². The van der Waals surface area contributed by atoms with Gasteiger partial charge >= 0.3 is 5.97 Å². The Labute approximate surface area is 108 Å². The van der Waals surface area contributed by atoms with Gasteiger partial charge in [-0.1, -0.05) is 39.0 Å². The van der Waals surface area contributed by atoms with E-state index in [2.05, 4.69) is 17.2 Å². The molecule has 0 aliphatic heterocycles. The first kappa shape index (κ1) is 16.5. The zero-order chi connectivity index (χ0) is 13.6. The molecule has 1 unspecified atom stereocenters. The average Bonchev–Trinajstić information content (AvgIpc) is 2.33. The van der Waals surface area contributed by atoms with E-state index in [1.807, 2.05) is 0 Å². The number of hydrogen-bond donors (Lipinski definition) is 2. The molecule has 0 saturated carbocycles. The lowest BCUT2D eigenvalue weighted by atomic mass is 10.1. The summed E-state index contributed by atoms with van der Waals surface area (Å²) in [6, 6.07) is 0. The van der Waals surface area contributed by atoms with Crippen molar-refractivity contribution >= 4 is 12.4 Å². The monoisotopic (exact) mass is 257 g/mol. The number of aliphatic carboxylic acids is 1. The predicted octanol–water partition coefficient (Wildman–Crippen LogP) is 3.57. The largest absolute Gasteiger partial charge is 0.481 e. The fourth-order valence-corrected chi connectivity index (χ4v) is 1.70. The third-order valence-corrected chi connectivity index (χ3v) is 2.64. The van der Waals surface area contributed by atoms with Crippen LogP contribution in [0.2, 0.25) is 0 Å². The van der Waals surface area contributed by atoms with Gasteiger partial charge in [0.05, 0.1) is 6.42 Å². The minimum Gasteiger partial charge on any atom is -0.481 e. The van der Waals surface area contributed by atoms with E-state index in [4.69, 9.17) is 15.4 Å². The summed E-state index contributed by atoms with van der Waals surface area (Å²) in [5.74, 6) is -0.887. The molecule has 0 aliphatic rings. The van der Waals surface area contributed by atoms with Crippen molar-refractivity contribution < 1.29 is 14.6 Å². The van der Waals surface area contributed by atoms with Crippen LogP contribution in [-0.4, -0.2) is 23.6 Å². The maximum Gasteiger partial charge on any atom is 0.307 e. The summed E-state index contributed by atoms with van der Waals surface area (Å²) in [6.45, 7) is 2.17. The van der Waals surface area contributed by atoms with E-state index < -0.39 is 5.97 Å². The van der Waals surface area contributed by atoms with E-state index in [9.17, 15) is 4.79 Å². The first-order chi connectivity index (χ1) is 8.70. The molecule has 6 nitrogen and oxygen atoms in total. The van der Waals surface area contributed by atoms with Gasteiger partial charge in [0.1, 0.15) is 6.10 Å². The van der Waals surface area contributed by atoms with Gasteiger partial charge in [-0.2, -0.15) is 5.53 Å². The average molecular weight is 257 g/mol. The van der Waals surface area contributed by atoms with Gasteiger partial charge in [-0.25, -0.2) is 0 Å². The van der Waals surface area contributed by atoms with Crippen LogP contribution in [0.15, 0.2) is 10.3 Å². The molecule has 1 atom stereocenters. The molecule has 0 radical (unpaired) electrons. The van der Waals surface area contributed by atoms with Crippen LogP contribution < -0.4 is 0 Å². The molecule has 0 amide bonds. The number of rotatable bonds is 12. The van der Waals surface area contributed by atoms with Crippen molar-refractivity contribution in [3.8, 4) is 0 Å². The first-order valence-corrected chi connectivity index (χ1v) is 6.46. The molecule has 104 valence electrons. The van der Waals surface area contributed by atoms with Crippen molar-refractivity contribution in [3.63, 3.8) is 0 Å². The number of carboxylic acids is 1. The third-order valence-electron chi connectivity index (χ3n) is 2.64. The molecular formula is C12H23N3O3. The van der Waals surface area contributed by atoms with Gasteiger partial charge in [0, 0.05) is 0 Å². The van der Waals surface area contributed by atoms with Gasteiger partial charge in [0.15, 0.2) is 6.40 Å². The van der Waals surface area contributed by atoms with Crippen molar-refractivity contribution in [2.24, 2.45) is 10.3 Å². The highest BCUT2D eigenvalue weighted by atomic mass is 16.5. The first-order valence-electron chi connectivity index (χ1n) is 6.46. The second kappa shape index (κ2) is 12.0. The van der Waals surface area contributed by atoms with E-state index in [0.29, 0.717) is 6.42 Å². The summed E-state index contributed by atoms with van der Waals surface area (Å²) in [6.07, 6.45) is 8.26. The molecule has 0 heterocycles. The molecule has 2 N–H and O–H groups in total. The lowest BCUT2D eigenvalue weighted by Gasteiger charge is -2.13. The maximum atomic E-state index is 10.6. The summed E-state index contributed by atoms with van der Waals surface area (Å²) in [7, 11) is 0. The molecule has 0 rings (SSSR count). The van der Waals surface area contributed by atoms with Crippen molar-refractivity contribution in [2.75, 3.05) is 0 Å². The van der Waals surface area contributed by atoms with Crippen LogP contribution in [0.3, 0.4) is 0 Å². The lowest BCUT2D eigenvalue weighted by Crippen LogP contribution is -2.17. The van der Waals surface area contributed by atoms with Gasteiger partial charge in [-0.05, 0) is 18.1 Å². The topological polar surface area (TPSA) is 95.1 Å². The Morgan fingerprint density at radius 3 is 2.61 bits per heavy atom. The van der Waals surface area contributed by atoms with Crippen LogP contribution in [0, 0.1) is 5.53 Å². The van der Waals surface area contributed by atoms with Crippen molar-refractivity contribution in [1.29, 1.82) is 5.53 Å². The van der Waals surface area contributed by atoms with Crippen LogP contribution in [-0.2, 0) is 9.53 Å². The minimum absolute atomic E-state index is 0.0427. The molecule has 0 spiro atoms. The quantitative estimate of drug-likeness (QED) is 0.184. The molecule has 0 saturated heterocycles. The highest BCUT2D eigenvalue weighted by Gasteiger charge is 2.13. The zero-order valence-corrected chi connectivity index (χ0v) is 11.0. The Balaban J connectivity index is 3.75. The minimum atomic E-state index is -0.887. The number of hydrogen-bond acceptors (Lipinski definition) is 4. The summed E-state index contributed by atoms with van der Waals surface area (Å²) < 4.78 is 5.13.